The van der Waals surface area contributed by atoms with Gasteiger partial charge in [0.05, 0.1) is 12.2 Å². The summed E-state index contributed by atoms with van der Waals surface area (Å²) in [6, 6.07) is 0.101. The van der Waals surface area contributed by atoms with Crippen molar-refractivity contribution < 1.29 is 10.2 Å². The highest BCUT2D eigenvalue weighted by Crippen LogP contribution is 2.04. The van der Waals surface area contributed by atoms with Crippen molar-refractivity contribution in [2.45, 2.75) is 44.9 Å². The van der Waals surface area contributed by atoms with Gasteiger partial charge in [0, 0.05) is 6.04 Å². The molecule has 0 saturated heterocycles. The quantitative estimate of drug-likeness (QED) is 0.536. The Morgan fingerprint density at radius 3 is 2.00 bits per heavy atom. The number of nitrogens with one attached hydrogen (secondary N) is 1. The van der Waals surface area contributed by atoms with E-state index in [9.17, 15) is 5.11 Å². The van der Waals surface area contributed by atoms with Gasteiger partial charge in [-0.3, -0.25) is 0 Å². The summed E-state index contributed by atoms with van der Waals surface area (Å²) in [5.41, 5.74) is 0. The molecular weight excluding hydrogens is 142 g/mol. The molecule has 0 aromatic carbocycles. The van der Waals surface area contributed by atoms with E-state index in [1.54, 1.807) is 13.8 Å². The van der Waals surface area contributed by atoms with E-state index >= 15 is 0 Å². The molecule has 0 aromatic rings. The molecule has 1 unspecified atom stereocenters. The first-order valence-electron chi connectivity index (χ1n) is 4.11. The monoisotopic (exact) mass is 161 g/mol. The van der Waals surface area contributed by atoms with Crippen molar-refractivity contribution in [3.8, 4) is 0 Å². The van der Waals surface area contributed by atoms with E-state index in [4.69, 9.17) is 5.11 Å². The second-order valence-corrected chi connectivity index (χ2v) is 3.06. The maximum Gasteiger partial charge on any atom is 0.0665 e. The van der Waals surface area contributed by atoms with Crippen LogP contribution in [-0.4, -0.2) is 35.5 Å². The average Bonchev–Trinajstić information content (AvgIpc) is 1.87. The molecule has 0 rings (SSSR count). The molecule has 0 aliphatic rings. The molecule has 3 atom stereocenters. The fourth-order valence-corrected chi connectivity index (χ4v) is 1.05. The Morgan fingerprint density at radius 1 is 1.18 bits per heavy atom. The maximum atomic E-state index is 9.18. The zero-order chi connectivity index (χ0) is 8.85. The van der Waals surface area contributed by atoms with Crippen LogP contribution in [0.3, 0.4) is 0 Å². The highest BCUT2D eigenvalue weighted by molar-refractivity contribution is 4.70. The average molecular weight is 161 g/mol. The molecule has 0 aromatic heterocycles. The highest BCUT2D eigenvalue weighted by Gasteiger charge is 2.12. The maximum absolute atomic E-state index is 9.18. The van der Waals surface area contributed by atoms with E-state index < -0.39 is 0 Å². The van der Waals surface area contributed by atoms with Crippen LogP contribution in [-0.2, 0) is 0 Å². The number of hydrogen-bond donors (Lipinski definition) is 3. The predicted octanol–water partition coefficient (Wildman–Crippen LogP) is 0.116. The third-order valence-corrected chi connectivity index (χ3v) is 1.85. The summed E-state index contributed by atoms with van der Waals surface area (Å²) in [6.45, 7) is 3.51. The first-order valence-corrected chi connectivity index (χ1v) is 4.11. The van der Waals surface area contributed by atoms with Crippen LogP contribution < -0.4 is 5.32 Å². The fraction of sp³-hybridized carbons (Fsp3) is 1.00. The zero-order valence-corrected chi connectivity index (χ0v) is 7.54. The van der Waals surface area contributed by atoms with E-state index in [1.165, 1.54) is 0 Å². The molecule has 0 fully saturated rings. The minimum atomic E-state index is -0.348. The normalized spacial score (nSPS) is 19.4. The first-order chi connectivity index (χ1) is 5.07. The minimum Gasteiger partial charge on any atom is -0.393 e. The van der Waals surface area contributed by atoms with Gasteiger partial charge in [0.15, 0.2) is 0 Å². The molecule has 0 amide bonds. The molecule has 68 valence electrons. The summed E-state index contributed by atoms with van der Waals surface area (Å²) in [5.74, 6) is 0. The molecule has 0 heterocycles. The van der Waals surface area contributed by atoms with E-state index in [0.29, 0.717) is 0 Å². The van der Waals surface area contributed by atoms with Crippen molar-refractivity contribution >= 4 is 0 Å². The number of hydrogen-bond acceptors (Lipinski definition) is 3. The zero-order valence-electron chi connectivity index (χ0n) is 7.54. The Bertz CT molecular complexity index is 94.1. The molecule has 0 saturated carbocycles. The summed E-state index contributed by atoms with van der Waals surface area (Å²) in [6.07, 6.45) is 0.922. The van der Waals surface area contributed by atoms with Crippen molar-refractivity contribution in [3.05, 3.63) is 0 Å². The molecule has 3 heteroatoms. The molecule has 0 spiro atoms. The van der Waals surface area contributed by atoms with Crippen LogP contribution in [0.1, 0.15) is 26.7 Å². The molecule has 0 bridgehead atoms. The Morgan fingerprint density at radius 2 is 1.73 bits per heavy atom. The number of aliphatic hydroxyl groups excluding tert-OH is 2. The van der Waals surface area contributed by atoms with Crippen LogP contribution in [0.4, 0.5) is 0 Å². The predicted molar refractivity (Wildman–Crippen MR) is 45.4 cm³/mol. The summed E-state index contributed by atoms with van der Waals surface area (Å²) in [5, 5.41) is 21.1. The second kappa shape index (κ2) is 5.52. The minimum absolute atomic E-state index is 0.101. The lowest BCUT2D eigenvalue weighted by Gasteiger charge is -2.19. The number of aliphatic hydroxyl groups is 2. The summed E-state index contributed by atoms with van der Waals surface area (Å²) in [7, 11) is 1.82. The van der Waals surface area contributed by atoms with Crippen LogP contribution in [0.2, 0.25) is 0 Å². The third kappa shape index (κ3) is 5.18. The van der Waals surface area contributed by atoms with E-state index in [2.05, 4.69) is 5.32 Å². The molecule has 3 nitrogen and oxygen atoms in total. The van der Waals surface area contributed by atoms with E-state index in [1.807, 2.05) is 7.05 Å². The SMILES string of the molecule is CN[C@@H](CC[C@@H](C)O)C(C)O. The Labute approximate surface area is 68.4 Å². The molecule has 0 aliphatic heterocycles. The second-order valence-electron chi connectivity index (χ2n) is 3.06. The molecule has 11 heavy (non-hydrogen) atoms. The largest absolute Gasteiger partial charge is 0.393 e. The van der Waals surface area contributed by atoms with Crippen molar-refractivity contribution in [3.63, 3.8) is 0 Å². The Kier molecular flexibility index (Phi) is 5.46. The van der Waals surface area contributed by atoms with Crippen molar-refractivity contribution in [2.75, 3.05) is 7.05 Å². The number of likely N-dealkylation sites (N-methyl/N-ethyl adjacent to an activating group) is 1. The Hall–Kier alpha value is -0.120. The van der Waals surface area contributed by atoms with Crippen molar-refractivity contribution in [1.29, 1.82) is 0 Å². The van der Waals surface area contributed by atoms with Gasteiger partial charge in [-0.2, -0.15) is 0 Å². The number of rotatable bonds is 5. The summed E-state index contributed by atoms with van der Waals surface area (Å²) < 4.78 is 0. The highest BCUT2D eigenvalue weighted by atomic mass is 16.3. The van der Waals surface area contributed by atoms with Crippen molar-refractivity contribution in [2.24, 2.45) is 0 Å². The topological polar surface area (TPSA) is 52.5 Å². The molecule has 0 radical (unpaired) electrons. The van der Waals surface area contributed by atoms with Crippen molar-refractivity contribution in [1.82, 2.24) is 5.32 Å². The van der Waals surface area contributed by atoms with Crippen LogP contribution in [0.5, 0.6) is 0 Å². The van der Waals surface area contributed by atoms with Gasteiger partial charge in [-0.05, 0) is 33.7 Å². The van der Waals surface area contributed by atoms with Gasteiger partial charge in [-0.25, -0.2) is 0 Å². The lowest BCUT2D eigenvalue weighted by Crippen LogP contribution is -2.36. The van der Waals surface area contributed by atoms with Gasteiger partial charge >= 0.3 is 0 Å². The third-order valence-electron chi connectivity index (χ3n) is 1.85. The van der Waals surface area contributed by atoms with Gasteiger partial charge in [-0.1, -0.05) is 0 Å². The molecule has 3 N–H and O–H groups in total. The van der Waals surface area contributed by atoms with E-state index in [-0.39, 0.29) is 18.2 Å². The first kappa shape index (κ1) is 10.9. The van der Waals surface area contributed by atoms with Crippen LogP contribution in [0.25, 0.3) is 0 Å². The standard InChI is InChI=1S/C8H19NO2/c1-6(10)4-5-8(9-3)7(2)11/h6-11H,4-5H2,1-3H3/t6-,7?,8+/m1/s1. The van der Waals surface area contributed by atoms with Gasteiger partial charge in [0.1, 0.15) is 0 Å². The van der Waals surface area contributed by atoms with Gasteiger partial charge in [0.25, 0.3) is 0 Å². The molecule has 0 aliphatic carbocycles. The van der Waals surface area contributed by atoms with Crippen LogP contribution in [0, 0.1) is 0 Å². The lowest BCUT2D eigenvalue weighted by atomic mass is 10.0. The van der Waals surface area contributed by atoms with E-state index in [0.717, 1.165) is 12.8 Å². The summed E-state index contributed by atoms with van der Waals surface area (Å²) >= 11 is 0. The van der Waals surface area contributed by atoms with Crippen LogP contribution >= 0.6 is 0 Å². The van der Waals surface area contributed by atoms with Gasteiger partial charge in [0.2, 0.25) is 0 Å². The summed E-state index contributed by atoms with van der Waals surface area (Å²) in [4.78, 5) is 0. The molecular formula is C8H19NO2. The van der Waals surface area contributed by atoms with Gasteiger partial charge < -0.3 is 15.5 Å². The fourth-order valence-electron chi connectivity index (χ4n) is 1.05. The van der Waals surface area contributed by atoms with Gasteiger partial charge in [-0.15, -0.1) is 0 Å². The lowest BCUT2D eigenvalue weighted by molar-refractivity contribution is 0.124. The Balaban J connectivity index is 3.52. The smallest absolute Gasteiger partial charge is 0.0665 e. The van der Waals surface area contributed by atoms with Crippen LogP contribution in [0.15, 0.2) is 0 Å².